The summed E-state index contributed by atoms with van der Waals surface area (Å²) < 4.78 is 27.8. The molecule has 156 valence electrons. The van der Waals surface area contributed by atoms with Crippen molar-refractivity contribution in [3.63, 3.8) is 0 Å². The molecule has 1 aliphatic heterocycles. The first-order valence-electron chi connectivity index (χ1n) is 9.97. The summed E-state index contributed by atoms with van der Waals surface area (Å²) in [5, 5.41) is 0. The fourth-order valence-corrected chi connectivity index (χ4v) is 4.74. The lowest BCUT2D eigenvalue weighted by Gasteiger charge is -2.36. The molecule has 6 nitrogen and oxygen atoms in total. The van der Waals surface area contributed by atoms with E-state index in [2.05, 4.69) is 11.8 Å². The predicted octanol–water partition coefficient (Wildman–Crippen LogP) is 3.25. The first-order chi connectivity index (χ1) is 13.8. The highest BCUT2D eigenvalue weighted by Crippen LogP contribution is 2.22. The summed E-state index contributed by atoms with van der Waals surface area (Å²) in [6.07, 6.45) is 0. The van der Waals surface area contributed by atoms with Crippen LogP contribution in [0.1, 0.15) is 23.6 Å². The lowest BCUT2D eigenvalue weighted by molar-refractivity contribution is 0.129. The van der Waals surface area contributed by atoms with Crippen LogP contribution in [0.25, 0.3) is 0 Å². The maximum absolute atomic E-state index is 13.4. The molecule has 3 rings (SSSR count). The minimum atomic E-state index is -3.97. The number of hydrogen-bond acceptors (Lipinski definition) is 4. The maximum atomic E-state index is 13.4. The Bertz CT molecular complexity index is 932. The number of nitrogens with zero attached hydrogens (tertiary/aromatic N) is 3. The topological polar surface area (TPSA) is 60.9 Å². The quantitative estimate of drug-likeness (QED) is 0.752. The molecule has 0 aromatic heterocycles. The van der Waals surface area contributed by atoms with Crippen LogP contribution in [0.15, 0.2) is 53.4 Å². The molecule has 29 heavy (non-hydrogen) atoms. The van der Waals surface area contributed by atoms with Crippen molar-refractivity contribution in [1.82, 2.24) is 14.1 Å². The van der Waals surface area contributed by atoms with Gasteiger partial charge in [-0.25, -0.2) is 17.5 Å². The fraction of sp³-hybridized carbons (Fsp3) is 0.409. The normalized spacial score (nSPS) is 15.3. The lowest BCUT2D eigenvalue weighted by atomic mass is 10.1. The second-order valence-corrected chi connectivity index (χ2v) is 9.38. The van der Waals surface area contributed by atoms with Gasteiger partial charge in [-0.3, -0.25) is 0 Å². The second-order valence-electron chi connectivity index (χ2n) is 7.51. The van der Waals surface area contributed by atoms with E-state index in [-0.39, 0.29) is 11.4 Å². The molecule has 0 bridgehead atoms. The number of hydrogen-bond donors (Lipinski definition) is 0. The van der Waals surface area contributed by atoms with Gasteiger partial charge in [0.05, 0.1) is 11.4 Å². The van der Waals surface area contributed by atoms with Crippen molar-refractivity contribution in [2.75, 3.05) is 32.7 Å². The number of likely N-dealkylation sites (N-methyl/N-ethyl adjacent to an activating group) is 1. The van der Waals surface area contributed by atoms with Crippen molar-refractivity contribution < 1.29 is 13.2 Å². The van der Waals surface area contributed by atoms with Gasteiger partial charge in [-0.1, -0.05) is 54.4 Å². The van der Waals surface area contributed by atoms with Gasteiger partial charge in [-0.15, -0.1) is 0 Å². The molecule has 7 heteroatoms. The first kappa shape index (κ1) is 21.3. The fourth-order valence-electron chi connectivity index (χ4n) is 3.37. The Balaban J connectivity index is 1.91. The van der Waals surface area contributed by atoms with Gasteiger partial charge in [-0.2, -0.15) is 0 Å². The molecule has 1 saturated heterocycles. The number of carbonyl (C=O) groups is 1. The van der Waals surface area contributed by atoms with Crippen molar-refractivity contribution in [2.24, 2.45) is 0 Å². The highest BCUT2D eigenvalue weighted by molar-refractivity contribution is 7.89. The molecule has 0 spiro atoms. The Morgan fingerprint density at radius 1 is 0.897 bits per heavy atom. The van der Waals surface area contributed by atoms with E-state index in [1.54, 1.807) is 29.2 Å². The van der Waals surface area contributed by atoms with E-state index in [4.69, 9.17) is 0 Å². The lowest BCUT2D eigenvalue weighted by Crippen LogP contribution is -2.53. The van der Waals surface area contributed by atoms with Gasteiger partial charge in [0.2, 0.25) is 0 Å². The van der Waals surface area contributed by atoms with Crippen LogP contribution in [0.5, 0.6) is 0 Å². The van der Waals surface area contributed by atoms with Crippen LogP contribution in [0, 0.1) is 13.8 Å². The third-order valence-electron chi connectivity index (χ3n) is 5.36. The van der Waals surface area contributed by atoms with Gasteiger partial charge in [-0.05, 0) is 38.1 Å². The average molecular weight is 416 g/mol. The van der Waals surface area contributed by atoms with Gasteiger partial charge < -0.3 is 9.80 Å². The van der Waals surface area contributed by atoms with Crippen LogP contribution in [-0.2, 0) is 16.6 Å². The van der Waals surface area contributed by atoms with Crippen LogP contribution in [-0.4, -0.2) is 61.3 Å². The van der Waals surface area contributed by atoms with Crippen LogP contribution < -0.4 is 0 Å². The SMILES string of the molecule is CCN1CCN(C(=O)N(Cc2ccc(C)cc2)S(=O)(=O)c2ccc(C)cc2)CC1. The van der Waals surface area contributed by atoms with Crippen LogP contribution in [0.4, 0.5) is 4.79 Å². The second kappa shape index (κ2) is 8.97. The molecule has 2 aromatic rings. The van der Waals surface area contributed by atoms with E-state index in [1.165, 1.54) is 0 Å². The van der Waals surface area contributed by atoms with Gasteiger partial charge in [0.15, 0.2) is 0 Å². The minimum absolute atomic E-state index is 0.0172. The monoisotopic (exact) mass is 415 g/mol. The van der Waals surface area contributed by atoms with Crippen LogP contribution in [0.3, 0.4) is 0 Å². The first-order valence-corrected chi connectivity index (χ1v) is 11.4. The van der Waals surface area contributed by atoms with Gasteiger partial charge in [0.1, 0.15) is 0 Å². The highest BCUT2D eigenvalue weighted by atomic mass is 32.2. The third kappa shape index (κ3) is 4.97. The zero-order chi connectivity index (χ0) is 21.0. The smallest absolute Gasteiger partial charge is 0.321 e. The van der Waals surface area contributed by atoms with Crippen molar-refractivity contribution in [3.8, 4) is 0 Å². The van der Waals surface area contributed by atoms with E-state index in [1.807, 2.05) is 38.1 Å². The Hall–Kier alpha value is -2.38. The van der Waals surface area contributed by atoms with E-state index >= 15 is 0 Å². The molecule has 1 aliphatic rings. The van der Waals surface area contributed by atoms with Gasteiger partial charge >= 0.3 is 6.03 Å². The summed E-state index contributed by atoms with van der Waals surface area (Å²) in [4.78, 5) is 17.3. The molecule has 0 N–H and O–H groups in total. The maximum Gasteiger partial charge on any atom is 0.334 e. The van der Waals surface area contributed by atoms with E-state index < -0.39 is 16.1 Å². The standard InChI is InChI=1S/C22H29N3O3S/c1-4-23-13-15-24(16-14-23)22(26)25(17-20-9-5-18(2)6-10-20)29(27,28)21-11-7-19(3)8-12-21/h5-12H,4,13-17H2,1-3H3. The number of aryl methyl sites for hydroxylation is 2. The summed E-state index contributed by atoms with van der Waals surface area (Å²) in [7, 11) is -3.97. The van der Waals surface area contributed by atoms with Crippen molar-refractivity contribution in [3.05, 3.63) is 65.2 Å². The molecule has 1 fully saturated rings. The van der Waals surface area contributed by atoms with Crippen molar-refractivity contribution >= 4 is 16.1 Å². The summed E-state index contributed by atoms with van der Waals surface area (Å²) in [6.45, 7) is 9.47. The predicted molar refractivity (Wildman–Crippen MR) is 114 cm³/mol. The number of carbonyl (C=O) groups excluding carboxylic acids is 1. The van der Waals surface area contributed by atoms with Gasteiger partial charge in [0, 0.05) is 26.2 Å². The number of sulfonamides is 1. The number of rotatable bonds is 5. The largest absolute Gasteiger partial charge is 0.334 e. The average Bonchev–Trinajstić information content (AvgIpc) is 2.73. The Morgan fingerprint density at radius 2 is 1.41 bits per heavy atom. The highest BCUT2D eigenvalue weighted by Gasteiger charge is 2.34. The molecule has 0 saturated carbocycles. The van der Waals surface area contributed by atoms with E-state index in [0.717, 1.165) is 40.6 Å². The van der Waals surface area contributed by atoms with Crippen molar-refractivity contribution in [2.45, 2.75) is 32.2 Å². The van der Waals surface area contributed by atoms with E-state index in [9.17, 15) is 13.2 Å². The minimum Gasteiger partial charge on any atom is -0.321 e. The zero-order valence-corrected chi connectivity index (χ0v) is 18.2. The molecular weight excluding hydrogens is 386 g/mol. The molecule has 0 aliphatic carbocycles. The zero-order valence-electron chi connectivity index (χ0n) is 17.3. The molecule has 2 aromatic carbocycles. The number of amides is 2. The Morgan fingerprint density at radius 3 is 1.93 bits per heavy atom. The molecule has 0 atom stereocenters. The summed E-state index contributed by atoms with van der Waals surface area (Å²) >= 11 is 0. The molecule has 2 amide bonds. The Kier molecular flexibility index (Phi) is 6.59. The van der Waals surface area contributed by atoms with Crippen LogP contribution >= 0.6 is 0 Å². The Labute approximate surface area is 173 Å². The number of benzene rings is 2. The molecular formula is C22H29N3O3S. The van der Waals surface area contributed by atoms with Crippen LogP contribution in [0.2, 0.25) is 0 Å². The van der Waals surface area contributed by atoms with E-state index in [0.29, 0.717) is 13.1 Å². The molecule has 0 unspecified atom stereocenters. The summed E-state index contributed by atoms with van der Waals surface area (Å²) in [6, 6.07) is 13.8. The van der Waals surface area contributed by atoms with Crippen molar-refractivity contribution in [1.29, 1.82) is 0 Å². The molecule has 0 radical (unpaired) electrons. The summed E-state index contributed by atoms with van der Waals surface area (Å²) in [5.74, 6) is 0. The molecule has 1 heterocycles. The van der Waals surface area contributed by atoms with Gasteiger partial charge in [0.25, 0.3) is 10.0 Å². The summed E-state index contributed by atoms with van der Waals surface area (Å²) in [5.41, 5.74) is 2.84. The number of piperazine rings is 1. The number of urea groups is 1. The third-order valence-corrected chi connectivity index (χ3v) is 7.09.